The van der Waals surface area contributed by atoms with Gasteiger partial charge in [-0.3, -0.25) is 0 Å². The van der Waals surface area contributed by atoms with Gasteiger partial charge in [0.2, 0.25) is 0 Å². The summed E-state index contributed by atoms with van der Waals surface area (Å²) < 4.78 is 16.0. The van der Waals surface area contributed by atoms with E-state index in [1.54, 1.807) is 14.2 Å². The molecule has 19 heavy (non-hydrogen) atoms. The molecule has 0 amide bonds. The van der Waals surface area contributed by atoms with Crippen LogP contribution >= 0.6 is 0 Å². The summed E-state index contributed by atoms with van der Waals surface area (Å²) in [5.41, 5.74) is 7.24. The van der Waals surface area contributed by atoms with E-state index in [-0.39, 0.29) is 11.9 Å². The standard InChI is InChI=1S/C14H18N2O3/c1-8(2)13-12(16-14(15)19-13)9-5-10(17-3)7-11(6-9)18-4/h5-8H,1-4H3,(H2,15,16). The first-order valence-electron chi connectivity index (χ1n) is 6.04. The first kappa shape index (κ1) is 13.3. The molecule has 1 aromatic carbocycles. The first-order valence-corrected chi connectivity index (χ1v) is 6.04. The Kier molecular flexibility index (Phi) is 3.64. The molecule has 5 heteroatoms. The number of nitrogens with two attached hydrogens (primary N) is 1. The number of oxazole rings is 1. The molecule has 0 bridgehead atoms. The molecule has 0 aliphatic rings. The summed E-state index contributed by atoms with van der Waals surface area (Å²) in [5, 5.41) is 0. The first-order chi connectivity index (χ1) is 9.05. The maximum atomic E-state index is 5.66. The minimum absolute atomic E-state index is 0.167. The van der Waals surface area contributed by atoms with Crippen molar-refractivity contribution in [2.24, 2.45) is 0 Å². The quantitative estimate of drug-likeness (QED) is 0.916. The number of hydrogen-bond acceptors (Lipinski definition) is 5. The van der Waals surface area contributed by atoms with Crippen molar-refractivity contribution in [2.45, 2.75) is 19.8 Å². The normalized spacial score (nSPS) is 10.8. The molecule has 0 saturated carbocycles. The number of aromatic nitrogens is 1. The van der Waals surface area contributed by atoms with E-state index < -0.39 is 0 Å². The fourth-order valence-corrected chi connectivity index (χ4v) is 1.89. The smallest absolute Gasteiger partial charge is 0.292 e. The maximum Gasteiger partial charge on any atom is 0.292 e. The molecule has 1 heterocycles. The Balaban J connectivity index is 2.57. The predicted molar refractivity (Wildman–Crippen MR) is 73.5 cm³/mol. The summed E-state index contributed by atoms with van der Waals surface area (Å²) in [6, 6.07) is 5.74. The molecule has 0 aliphatic heterocycles. The third-order valence-corrected chi connectivity index (χ3v) is 2.82. The number of ether oxygens (including phenoxy) is 2. The van der Waals surface area contributed by atoms with Gasteiger partial charge in [-0.25, -0.2) is 0 Å². The number of methoxy groups -OCH3 is 2. The van der Waals surface area contributed by atoms with Crippen molar-refractivity contribution in [3.8, 4) is 22.8 Å². The lowest BCUT2D eigenvalue weighted by molar-refractivity contribution is 0.394. The van der Waals surface area contributed by atoms with E-state index in [9.17, 15) is 0 Å². The van der Waals surface area contributed by atoms with E-state index in [2.05, 4.69) is 4.98 Å². The molecule has 2 aromatic rings. The number of rotatable bonds is 4. The molecule has 1 aromatic heterocycles. The van der Waals surface area contributed by atoms with Crippen LogP contribution in [0.5, 0.6) is 11.5 Å². The summed E-state index contributed by atoms with van der Waals surface area (Å²) in [5.74, 6) is 2.35. The lowest BCUT2D eigenvalue weighted by Gasteiger charge is -2.08. The monoisotopic (exact) mass is 262 g/mol. The number of nitrogen functional groups attached to an aromatic ring is 1. The Labute approximate surface area is 112 Å². The van der Waals surface area contributed by atoms with E-state index in [1.807, 2.05) is 32.0 Å². The van der Waals surface area contributed by atoms with Gasteiger partial charge < -0.3 is 19.6 Å². The minimum atomic E-state index is 0.167. The summed E-state index contributed by atoms with van der Waals surface area (Å²) >= 11 is 0. The largest absolute Gasteiger partial charge is 0.497 e. The lowest BCUT2D eigenvalue weighted by atomic mass is 10.0. The van der Waals surface area contributed by atoms with Gasteiger partial charge in [-0.05, 0) is 12.1 Å². The number of anilines is 1. The summed E-state index contributed by atoms with van der Waals surface area (Å²) in [6.07, 6.45) is 0. The highest BCUT2D eigenvalue weighted by atomic mass is 16.5. The van der Waals surface area contributed by atoms with Crippen molar-refractivity contribution in [3.05, 3.63) is 24.0 Å². The molecule has 0 aliphatic carbocycles. The van der Waals surface area contributed by atoms with Gasteiger partial charge in [0.05, 0.1) is 14.2 Å². The van der Waals surface area contributed by atoms with Gasteiger partial charge in [0, 0.05) is 17.5 Å². The zero-order valence-electron chi connectivity index (χ0n) is 11.6. The Morgan fingerprint density at radius 1 is 1.11 bits per heavy atom. The van der Waals surface area contributed by atoms with Gasteiger partial charge in [-0.2, -0.15) is 4.98 Å². The van der Waals surface area contributed by atoms with E-state index in [1.165, 1.54) is 0 Å². The molecule has 2 N–H and O–H groups in total. The Morgan fingerprint density at radius 3 is 2.16 bits per heavy atom. The average molecular weight is 262 g/mol. The Hall–Kier alpha value is -2.17. The molecular formula is C14H18N2O3. The zero-order chi connectivity index (χ0) is 14.0. The van der Waals surface area contributed by atoms with Crippen LogP contribution in [0.2, 0.25) is 0 Å². The van der Waals surface area contributed by atoms with Gasteiger partial charge in [-0.15, -0.1) is 0 Å². The molecule has 102 valence electrons. The highest BCUT2D eigenvalue weighted by molar-refractivity contribution is 5.67. The van der Waals surface area contributed by atoms with Crippen LogP contribution in [0.3, 0.4) is 0 Å². The van der Waals surface area contributed by atoms with Gasteiger partial charge >= 0.3 is 0 Å². The summed E-state index contributed by atoms with van der Waals surface area (Å²) in [6.45, 7) is 4.06. The molecule has 0 saturated heterocycles. The maximum absolute atomic E-state index is 5.66. The molecular weight excluding hydrogens is 244 g/mol. The highest BCUT2D eigenvalue weighted by Gasteiger charge is 2.18. The zero-order valence-corrected chi connectivity index (χ0v) is 11.6. The van der Waals surface area contributed by atoms with Crippen molar-refractivity contribution >= 4 is 6.01 Å². The Bertz CT molecular complexity index is 554. The second-order valence-corrected chi connectivity index (χ2v) is 4.52. The average Bonchev–Trinajstić information content (AvgIpc) is 2.80. The van der Waals surface area contributed by atoms with E-state index in [0.29, 0.717) is 11.5 Å². The molecule has 0 unspecified atom stereocenters. The van der Waals surface area contributed by atoms with Crippen molar-refractivity contribution in [2.75, 3.05) is 20.0 Å². The van der Waals surface area contributed by atoms with Crippen LogP contribution in [0.1, 0.15) is 25.5 Å². The molecule has 0 radical (unpaired) electrons. The molecule has 2 rings (SSSR count). The fourth-order valence-electron chi connectivity index (χ4n) is 1.89. The van der Waals surface area contributed by atoms with Crippen LogP contribution in [0.4, 0.5) is 6.01 Å². The van der Waals surface area contributed by atoms with Gasteiger partial charge in [0.15, 0.2) is 0 Å². The lowest BCUT2D eigenvalue weighted by Crippen LogP contribution is -1.92. The number of nitrogens with zero attached hydrogens (tertiary/aromatic N) is 1. The highest BCUT2D eigenvalue weighted by Crippen LogP contribution is 2.34. The van der Waals surface area contributed by atoms with Crippen molar-refractivity contribution < 1.29 is 13.9 Å². The molecule has 0 spiro atoms. The van der Waals surface area contributed by atoms with Crippen LogP contribution in [0.25, 0.3) is 11.3 Å². The van der Waals surface area contributed by atoms with Crippen LogP contribution in [-0.4, -0.2) is 19.2 Å². The van der Waals surface area contributed by atoms with Gasteiger partial charge in [-0.1, -0.05) is 13.8 Å². The summed E-state index contributed by atoms with van der Waals surface area (Å²) in [4.78, 5) is 4.25. The topological polar surface area (TPSA) is 70.5 Å². The Morgan fingerprint density at radius 2 is 1.68 bits per heavy atom. The van der Waals surface area contributed by atoms with E-state index >= 15 is 0 Å². The number of benzene rings is 1. The molecule has 5 nitrogen and oxygen atoms in total. The predicted octanol–water partition coefficient (Wildman–Crippen LogP) is 3.06. The molecule has 0 fully saturated rings. The summed E-state index contributed by atoms with van der Waals surface area (Å²) in [7, 11) is 3.22. The van der Waals surface area contributed by atoms with Gasteiger partial charge in [0.1, 0.15) is 23.0 Å². The second-order valence-electron chi connectivity index (χ2n) is 4.52. The fraction of sp³-hybridized carbons (Fsp3) is 0.357. The third-order valence-electron chi connectivity index (χ3n) is 2.82. The van der Waals surface area contributed by atoms with Crippen LogP contribution in [-0.2, 0) is 0 Å². The van der Waals surface area contributed by atoms with Crippen molar-refractivity contribution in [1.82, 2.24) is 4.98 Å². The molecule has 0 atom stereocenters. The van der Waals surface area contributed by atoms with Crippen LogP contribution in [0.15, 0.2) is 22.6 Å². The van der Waals surface area contributed by atoms with Crippen LogP contribution < -0.4 is 15.2 Å². The van der Waals surface area contributed by atoms with E-state index in [0.717, 1.165) is 17.0 Å². The van der Waals surface area contributed by atoms with E-state index in [4.69, 9.17) is 19.6 Å². The second kappa shape index (κ2) is 5.22. The van der Waals surface area contributed by atoms with Gasteiger partial charge in [0.25, 0.3) is 6.01 Å². The minimum Gasteiger partial charge on any atom is -0.497 e. The van der Waals surface area contributed by atoms with Crippen LogP contribution in [0, 0.1) is 0 Å². The number of hydrogen-bond donors (Lipinski definition) is 1. The van der Waals surface area contributed by atoms with Crippen molar-refractivity contribution in [1.29, 1.82) is 0 Å². The SMILES string of the molecule is COc1cc(OC)cc(-c2nc(N)oc2C(C)C)c1. The third kappa shape index (κ3) is 2.65. The van der Waals surface area contributed by atoms with Crippen molar-refractivity contribution in [3.63, 3.8) is 0 Å².